The molecule has 0 spiro atoms. The molecular weight excluding hydrogens is 512 g/mol. The highest BCUT2D eigenvalue weighted by Gasteiger charge is 2.42. The second kappa shape index (κ2) is 9.79. The van der Waals surface area contributed by atoms with Crippen molar-refractivity contribution < 1.29 is 9.21 Å². The second-order valence-electron chi connectivity index (χ2n) is 7.88. The number of halogens is 1. The Labute approximate surface area is 211 Å². The molecule has 2 N–H and O–H groups in total. The van der Waals surface area contributed by atoms with Crippen molar-refractivity contribution in [1.82, 2.24) is 15.2 Å². The lowest BCUT2D eigenvalue weighted by Crippen LogP contribution is -2.36. The van der Waals surface area contributed by atoms with Gasteiger partial charge in [-0.05, 0) is 60.7 Å². The van der Waals surface area contributed by atoms with Gasteiger partial charge >= 0.3 is 0 Å². The number of para-hydroxylation sites is 1. The normalized spacial score (nSPS) is 17.4. The predicted molar refractivity (Wildman–Crippen MR) is 139 cm³/mol. The van der Waals surface area contributed by atoms with E-state index in [0.717, 1.165) is 27.2 Å². The summed E-state index contributed by atoms with van der Waals surface area (Å²) in [6.45, 7) is 0.0725. The van der Waals surface area contributed by atoms with Crippen LogP contribution in [0.2, 0.25) is 0 Å². The number of nitrogens with one attached hydrogen (secondary N) is 2. The number of thiocarbonyl (C=S) groups is 1. The van der Waals surface area contributed by atoms with Gasteiger partial charge in [-0.3, -0.25) is 9.78 Å². The number of anilines is 1. The number of benzene rings is 2. The fraction of sp³-hybridized carbons (Fsp3) is 0.115. The zero-order valence-electron chi connectivity index (χ0n) is 18.0. The summed E-state index contributed by atoms with van der Waals surface area (Å²) >= 11 is 9.12. The van der Waals surface area contributed by atoms with E-state index >= 15 is 0 Å². The van der Waals surface area contributed by atoms with Crippen molar-refractivity contribution in [2.24, 2.45) is 0 Å². The maximum atomic E-state index is 12.9. The molecular formula is C26H21BrN4O2S. The summed E-state index contributed by atoms with van der Waals surface area (Å²) in [6, 6.07) is 26.3. The molecule has 3 heterocycles. The van der Waals surface area contributed by atoms with Crippen LogP contribution in [0.1, 0.15) is 23.5 Å². The summed E-state index contributed by atoms with van der Waals surface area (Å²) in [7, 11) is 0. The van der Waals surface area contributed by atoms with Crippen LogP contribution in [0.4, 0.5) is 5.69 Å². The summed E-state index contributed by atoms with van der Waals surface area (Å²) in [4.78, 5) is 19.3. The summed E-state index contributed by atoms with van der Waals surface area (Å²) < 4.78 is 7.31. The van der Waals surface area contributed by atoms with E-state index in [2.05, 4.69) is 31.5 Å². The molecule has 2 aromatic heterocycles. The fourth-order valence-electron chi connectivity index (χ4n) is 4.04. The van der Waals surface area contributed by atoms with Crippen LogP contribution < -0.4 is 10.6 Å². The molecule has 0 unspecified atom stereocenters. The number of nitrogens with zero attached hydrogens (tertiary/aromatic N) is 2. The van der Waals surface area contributed by atoms with Gasteiger partial charge in [0.15, 0.2) is 5.11 Å². The molecule has 1 fully saturated rings. The summed E-state index contributed by atoms with van der Waals surface area (Å²) in [5, 5.41) is 6.75. The maximum absolute atomic E-state index is 12.9. The molecule has 8 heteroatoms. The van der Waals surface area contributed by atoms with E-state index in [-0.39, 0.29) is 24.5 Å². The number of carbonyl (C=O) groups is 1. The zero-order valence-corrected chi connectivity index (χ0v) is 20.4. The van der Waals surface area contributed by atoms with E-state index in [9.17, 15) is 4.79 Å². The van der Waals surface area contributed by atoms with Crippen molar-refractivity contribution in [2.75, 3.05) is 11.9 Å². The molecule has 5 rings (SSSR count). The molecule has 6 nitrogen and oxygen atoms in total. The first-order chi connectivity index (χ1) is 16.6. The molecule has 2 aromatic carbocycles. The number of hydrogen-bond acceptors (Lipinski definition) is 4. The molecule has 4 aromatic rings. The quantitative estimate of drug-likeness (QED) is 0.309. The van der Waals surface area contributed by atoms with Gasteiger partial charge in [-0.15, -0.1) is 0 Å². The monoisotopic (exact) mass is 532 g/mol. The first-order valence-corrected chi connectivity index (χ1v) is 12.0. The van der Waals surface area contributed by atoms with Crippen LogP contribution in [0, 0.1) is 0 Å². The Kier molecular flexibility index (Phi) is 6.42. The van der Waals surface area contributed by atoms with Crippen LogP contribution >= 0.6 is 28.1 Å². The Morgan fingerprint density at radius 1 is 1.03 bits per heavy atom. The first-order valence-electron chi connectivity index (χ1n) is 10.8. The highest BCUT2D eigenvalue weighted by Crippen LogP contribution is 2.40. The Morgan fingerprint density at radius 3 is 2.53 bits per heavy atom. The molecule has 1 aliphatic rings. The lowest BCUT2D eigenvalue weighted by Gasteiger charge is -2.25. The highest BCUT2D eigenvalue weighted by molar-refractivity contribution is 9.10. The number of amides is 1. The Morgan fingerprint density at radius 2 is 1.79 bits per heavy atom. The lowest BCUT2D eigenvalue weighted by molar-refractivity contribution is -0.116. The van der Waals surface area contributed by atoms with Gasteiger partial charge in [0.25, 0.3) is 0 Å². The van der Waals surface area contributed by atoms with Gasteiger partial charge in [0.2, 0.25) is 5.91 Å². The minimum atomic E-state index is -0.340. The maximum Gasteiger partial charge on any atom is 0.244 e. The Hall–Kier alpha value is -3.49. The summed E-state index contributed by atoms with van der Waals surface area (Å²) in [6.07, 6.45) is 1.75. The van der Waals surface area contributed by atoms with Crippen LogP contribution in [-0.2, 0) is 4.79 Å². The predicted octanol–water partition coefficient (Wildman–Crippen LogP) is 5.72. The number of hydrogen-bond donors (Lipinski definition) is 2. The van der Waals surface area contributed by atoms with Crippen LogP contribution in [0.25, 0.3) is 11.3 Å². The van der Waals surface area contributed by atoms with Gasteiger partial charge in [-0.1, -0.05) is 52.3 Å². The molecule has 2 atom stereocenters. The van der Waals surface area contributed by atoms with E-state index in [1.807, 2.05) is 89.8 Å². The summed E-state index contributed by atoms with van der Waals surface area (Å²) in [5.41, 5.74) is 2.52. The van der Waals surface area contributed by atoms with Crippen LogP contribution in [0.5, 0.6) is 0 Å². The van der Waals surface area contributed by atoms with Gasteiger partial charge in [0, 0.05) is 21.9 Å². The average Bonchev–Trinajstić information content (AvgIpc) is 3.46. The second-order valence-corrected chi connectivity index (χ2v) is 9.18. The van der Waals surface area contributed by atoms with Gasteiger partial charge in [-0.2, -0.15) is 0 Å². The van der Waals surface area contributed by atoms with E-state index < -0.39 is 0 Å². The minimum Gasteiger partial charge on any atom is -0.459 e. The topological polar surface area (TPSA) is 70.4 Å². The molecule has 1 aliphatic heterocycles. The summed E-state index contributed by atoms with van der Waals surface area (Å²) in [5.74, 6) is 1.28. The Bertz CT molecular complexity index is 1300. The van der Waals surface area contributed by atoms with Crippen LogP contribution in [0.3, 0.4) is 0 Å². The number of aromatic nitrogens is 1. The van der Waals surface area contributed by atoms with Gasteiger partial charge in [-0.25, -0.2) is 0 Å². The smallest absolute Gasteiger partial charge is 0.244 e. The lowest BCUT2D eigenvalue weighted by atomic mass is 10.0. The SMILES string of the molecule is O=C(CN1C(=S)N[C@H](c2ccccn2)[C@H]1c1ccc(-c2ccc(Br)cc2)o1)Nc1ccccc1. The van der Waals surface area contributed by atoms with Gasteiger partial charge < -0.3 is 20.0 Å². The van der Waals surface area contributed by atoms with Crippen molar-refractivity contribution in [2.45, 2.75) is 12.1 Å². The zero-order chi connectivity index (χ0) is 23.5. The largest absolute Gasteiger partial charge is 0.459 e. The third-order valence-corrected chi connectivity index (χ3v) is 6.50. The first kappa shape index (κ1) is 22.3. The van der Waals surface area contributed by atoms with E-state index in [0.29, 0.717) is 10.9 Å². The molecule has 0 saturated carbocycles. The van der Waals surface area contributed by atoms with Crippen molar-refractivity contribution in [3.05, 3.63) is 107 Å². The van der Waals surface area contributed by atoms with Crippen molar-refractivity contribution in [1.29, 1.82) is 0 Å². The molecule has 1 saturated heterocycles. The van der Waals surface area contributed by atoms with E-state index in [1.54, 1.807) is 6.20 Å². The van der Waals surface area contributed by atoms with Crippen LogP contribution in [0.15, 0.2) is 100 Å². The number of rotatable bonds is 6. The highest BCUT2D eigenvalue weighted by atomic mass is 79.9. The third-order valence-electron chi connectivity index (χ3n) is 5.62. The molecule has 1 amide bonds. The van der Waals surface area contributed by atoms with Crippen molar-refractivity contribution in [3.8, 4) is 11.3 Å². The van der Waals surface area contributed by atoms with Crippen LogP contribution in [-0.4, -0.2) is 27.4 Å². The standard InChI is InChI=1S/C26H21BrN4O2S/c27-18-11-9-17(10-12-18)21-13-14-22(33-21)25-24(20-8-4-5-15-28-20)30-26(34)31(25)16-23(32)29-19-6-2-1-3-7-19/h1-15,24-25H,16H2,(H,29,32)(H,30,34)/t24-,25-/m1/s1. The number of furan rings is 1. The average molecular weight is 533 g/mol. The Balaban J connectivity index is 1.46. The number of pyridine rings is 1. The van der Waals surface area contributed by atoms with Gasteiger partial charge in [0.1, 0.15) is 24.1 Å². The third kappa shape index (κ3) is 4.73. The van der Waals surface area contributed by atoms with Gasteiger partial charge in [0.05, 0.1) is 11.7 Å². The molecule has 34 heavy (non-hydrogen) atoms. The minimum absolute atomic E-state index is 0.0725. The van der Waals surface area contributed by atoms with Crippen molar-refractivity contribution >= 4 is 44.9 Å². The molecule has 0 radical (unpaired) electrons. The molecule has 0 bridgehead atoms. The van der Waals surface area contributed by atoms with E-state index in [1.165, 1.54) is 0 Å². The molecule has 0 aliphatic carbocycles. The van der Waals surface area contributed by atoms with E-state index in [4.69, 9.17) is 16.6 Å². The van der Waals surface area contributed by atoms with Crippen molar-refractivity contribution in [3.63, 3.8) is 0 Å². The molecule has 170 valence electrons. The number of carbonyl (C=O) groups excluding carboxylic acids is 1. The fourth-order valence-corrected chi connectivity index (χ4v) is 4.61.